The van der Waals surface area contributed by atoms with Crippen LogP contribution in [0.15, 0.2) is 12.2 Å². The number of carboxylic acids is 2. The van der Waals surface area contributed by atoms with Crippen molar-refractivity contribution in [3.8, 4) is 0 Å². The Hall–Kier alpha value is -1.69. The summed E-state index contributed by atoms with van der Waals surface area (Å²) in [4.78, 5) is 33.8. The molecule has 18 heavy (non-hydrogen) atoms. The third kappa shape index (κ3) is 3.66. The molecule has 102 valence electrons. The lowest BCUT2D eigenvalue weighted by atomic mass is 9.73. The molecule has 0 radical (unpaired) electrons. The number of Topliss-reactive ketones (excluding diaryl/α,β-unsaturated/α-hetero) is 1. The molecule has 6 heteroatoms. The Labute approximate surface area is 105 Å². The van der Waals surface area contributed by atoms with Crippen molar-refractivity contribution in [2.24, 2.45) is 5.41 Å². The van der Waals surface area contributed by atoms with Crippen LogP contribution in [0.5, 0.6) is 0 Å². The lowest BCUT2D eigenvalue weighted by Crippen LogP contribution is -2.39. The number of carbonyl (C=O) groups excluding carboxylic acids is 1. The quantitative estimate of drug-likeness (QED) is 0.601. The summed E-state index contributed by atoms with van der Waals surface area (Å²) in [6, 6.07) is 0. The van der Waals surface area contributed by atoms with Crippen LogP contribution < -0.4 is 0 Å². The summed E-state index contributed by atoms with van der Waals surface area (Å²) in [6.07, 6.45) is -0.335. The van der Waals surface area contributed by atoms with Crippen molar-refractivity contribution in [1.82, 2.24) is 0 Å². The molecule has 0 aliphatic rings. The number of ether oxygens (including phenoxy) is 1. The van der Waals surface area contributed by atoms with Crippen LogP contribution in [0.2, 0.25) is 0 Å². The van der Waals surface area contributed by atoms with E-state index in [1.165, 1.54) is 7.11 Å². The van der Waals surface area contributed by atoms with E-state index >= 15 is 0 Å². The van der Waals surface area contributed by atoms with Gasteiger partial charge < -0.3 is 14.9 Å². The molecule has 0 bridgehead atoms. The Balaban J connectivity index is 5.41. The van der Waals surface area contributed by atoms with Crippen LogP contribution >= 0.6 is 0 Å². The minimum atomic E-state index is -1.80. The first-order valence-electron chi connectivity index (χ1n) is 5.48. The standard InChI is InChI=1S/C12H18O6/c1-4-9(13)7-12(11(16)17,5-6-18-3)8(2)10(14)15/h2,4-7H2,1,3H3,(H,14,15)(H,16,17). The van der Waals surface area contributed by atoms with Gasteiger partial charge in [-0.3, -0.25) is 9.59 Å². The van der Waals surface area contributed by atoms with E-state index in [2.05, 4.69) is 6.58 Å². The molecule has 0 aromatic rings. The zero-order valence-corrected chi connectivity index (χ0v) is 10.6. The van der Waals surface area contributed by atoms with Gasteiger partial charge in [-0.1, -0.05) is 13.5 Å². The summed E-state index contributed by atoms with van der Waals surface area (Å²) in [5.74, 6) is -3.11. The van der Waals surface area contributed by atoms with Gasteiger partial charge in [0, 0.05) is 32.1 Å². The second-order valence-corrected chi connectivity index (χ2v) is 3.98. The van der Waals surface area contributed by atoms with Crippen molar-refractivity contribution in [2.45, 2.75) is 26.2 Å². The predicted octanol–water partition coefficient (Wildman–Crippen LogP) is 1.10. The second kappa shape index (κ2) is 6.90. The molecule has 2 N–H and O–H groups in total. The molecule has 0 fully saturated rings. The Morgan fingerprint density at radius 3 is 2.17 bits per heavy atom. The van der Waals surface area contributed by atoms with E-state index in [9.17, 15) is 19.5 Å². The molecular weight excluding hydrogens is 240 g/mol. The highest BCUT2D eigenvalue weighted by molar-refractivity contribution is 5.99. The molecule has 0 saturated heterocycles. The van der Waals surface area contributed by atoms with Gasteiger partial charge >= 0.3 is 11.9 Å². The summed E-state index contributed by atoms with van der Waals surface area (Å²) < 4.78 is 4.78. The Morgan fingerprint density at radius 2 is 1.83 bits per heavy atom. The van der Waals surface area contributed by atoms with E-state index in [0.29, 0.717) is 0 Å². The van der Waals surface area contributed by atoms with Gasteiger partial charge in [-0.05, 0) is 6.42 Å². The molecule has 0 aromatic heterocycles. The largest absolute Gasteiger partial charge is 0.481 e. The van der Waals surface area contributed by atoms with Gasteiger partial charge in [-0.15, -0.1) is 0 Å². The Morgan fingerprint density at radius 1 is 1.28 bits per heavy atom. The summed E-state index contributed by atoms with van der Waals surface area (Å²) in [5, 5.41) is 18.2. The van der Waals surface area contributed by atoms with E-state index < -0.39 is 22.9 Å². The Kier molecular flexibility index (Phi) is 6.26. The maximum Gasteiger partial charge on any atom is 0.332 e. The summed E-state index contributed by atoms with van der Waals surface area (Å²) in [6.45, 7) is 4.93. The third-order valence-corrected chi connectivity index (χ3v) is 2.87. The monoisotopic (exact) mass is 258 g/mol. The average molecular weight is 258 g/mol. The highest BCUT2D eigenvalue weighted by Crippen LogP contribution is 2.36. The SMILES string of the molecule is C=C(C(=O)O)C(CCOC)(CC(=O)CC)C(=O)O. The lowest BCUT2D eigenvalue weighted by molar-refractivity contribution is -0.153. The smallest absolute Gasteiger partial charge is 0.332 e. The number of hydrogen-bond donors (Lipinski definition) is 2. The first kappa shape index (κ1) is 16.3. The second-order valence-electron chi connectivity index (χ2n) is 3.98. The van der Waals surface area contributed by atoms with Gasteiger partial charge in [0.15, 0.2) is 0 Å². The van der Waals surface area contributed by atoms with Gasteiger partial charge in [-0.2, -0.15) is 0 Å². The van der Waals surface area contributed by atoms with Crippen LogP contribution in [0.4, 0.5) is 0 Å². The van der Waals surface area contributed by atoms with Gasteiger partial charge in [0.1, 0.15) is 11.2 Å². The van der Waals surface area contributed by atoms with E-state index in [0.717, 1.165) is 0 Å². The molecule has 0 aliphatic heterocycles. The minimum Gasteiger partial charge on any atom is -0.481 e. The minimum absolute atomic E-state index is 0.0373. The fourth-order valence-electron chi connectivity index (χ4n) is 1.60. The van der Waals surface area contributed by atoms with Crippen molar-refractivity contribution in [3.63, 3.8) is 0 Å². The number of hydrogen-bond acceptors (Lipinski definition) is 4. The Bertz CT molecular complexity index is 360. The maximum absolute atomic E-state index is 11.5. The van der Waals surface area contributed by atoms with Gasteiger partial charge in [0.25, 0.3) is 0 Å². The van der Waals surface area contributed by atoms with Crippen molar-refractivity contribution in [3.05, 3.63) is 12.2 Å². The summed E-state index contributed by atoms with van der Waals surface area (Å²) in [5.41, 5.74) is -2.29. The fraction of sp³-hybridized carbons (Fsp3) is 0.583. The molecule has 0 aliphatic carbocycles. The highest BCUT2D eigenvalue weighted by atomic mass is 16.5. The highest BCUT2D eigenvalue weighted by Gasteiger charge is 2.45. The number of aliphatic carboxylic acids is 2. The van der Waals surface area contributed by atoms with Crippen LogP contribution in [-0.4, -0.2) is 41.7 Å². The van der Waals surface area contributed by atoms with Crippen molar-refractivity contribution < 1.29 is 29.3 Å². The number of carboxylic acid groups (broad SMARTS) is 2. The molecule has 1 atom stereocenters. The third-order valence-electron chi connectivity index (χ3n) is 2.87. The summed E-state index contributed by atoms with van der Waals surface area (Å²) >= 11 is 0. The van der Waals surface area contributed by atoms with Gasteiger partial charge in [0.2, 0.25) is 0 Å². The van der Waals surface area contributed by atoms with Crippen LogP contribution in [0.3, 0.4) is 0 Å². The molecule has 0 amide bonds. The van der Waals surface area contributed by atoms with E-state index in [1.807, 2.05) is 0 Å². The van der Waals surface area contributed by atoms with Crippen molar-refractivity contribution in [1.29, 1.82) is 0 Å². The first-order chi connectivity index (χ1) is 8.31. The van der Waals surface area contributed by atoms with Gasteiger partial charge in [0.05, 0.1) is 0 Å². The zero-order valence-electron chi connectivity index (χ0n) is 10.6. The van der Waals surface area contributed by atoms with Crippen LogP contribution in [0.25, 0.3) is 0 Å². The summed E-state index contributed by atoms with van der Waals surface area (Å²) in [7, 11) is 1.37. The topological polar surface area (TPSA) is 101 Å². The van der Waals surface area contributed by atoms with Crippen molar-refractivity contribution in [2.75, 3.05) is 13.7 Å². The normalized spacial score (nSPS) is 13.7. The van der Waals surface area contributed by atoms with Crippen LogP contribution in [0, 0.1) is 5.41 Å². The maximum atomic E-state index is 11.5. The molecule has 0 saturated carbocycles. The average Bonchev–Trinajstić information content (AvgIpc) is 2.32. The predicted molar refractivity (Wildman–Crippen MR) is 63.3 cm³/mol. The first-order valence-corrected chi connectivity index (χ1v) is 5.48. The van der Waals surface area contributed by atoms with E-state index in [4.69, 9.17) is 9.84 Å². The van der Waals surface area contributed by atoms with Crippen LogP contribution in [-0.2, 0) is 19.1 Å². The fourth-order valence-corrected chi connectivity index (χ4v) is 1.60. The number of methoxy groups -OCH3 is 1. The molecule has 6 nitrogen and oxygen atoms in total. The van der Waals surface area contributed by atoms with E-state index in [1.54, 1.807) is 6.92 Å². The number of ketones is 1. The lowest BCUT2D eigenvalue weighted by Gasteiger charge is -2.28. The van der Waals surface area contributed by atoms with E-state index in [-0.39, 0.29) is 31.7 Å². The molecule has 0 aromatic carbocycles. The zero-order chi connectivity index (χ0) is 14.3. The molecule has 0 spiro atoms. The number of carbonyl (C=O) groups is 3. The molecule has 0 rings (SSSR count). The van der Waals surface area contributed by atoms with Crippen LogP contribution in [0.1, 0.15) is 26.2 Å². The molecular formula is C12H18O6. The molecule has 0 heterocycles. The van der Waals surface area contributed by atoms with Crippen molar-refractivity contribution >= 4 is 17.7 Å². The number of rotatable bonds is 9. The van der Waals surface area contributed by atoms with Gasteiger partial charge in [-0.25, -0.2) is 4.79 Å². The molecule has 1 unspecified atom stereocenters.